The first-order valence-electron chi connectivity index (χ1n) is 9.16. The van der Waals surface area contributed by atoms with Gasteiger partial charge >= 0.3 is 0 Å². The first kappa shape index (κ1) is 21.1. The smallest absolute Gasteiger partial charge is 0.262 e. The molecule has 0 aliphatic heterocycles. The highest BCUT2D eigenvalue weighted by Gasteiger charge is 2.18. The molecule has 1 N–H and O–H groups in total. The van der Waals surface area contributed by atoms with Crippen LogP contribution in [0.5, 0.6) is 0 Å². The van der Waals surface area contributed by atoms with E-state index in [9.17, 15) is 13.2 Å². The van der Waals surface area contributed by atoms with E-state index in [1.807, 2.05) is 31.4 Å². The van der Waals surface area contributed by atoms with Crippen LogP contribution < -0.4 is 4.72 Å². The molecular weight excluding hydrogens is 404 g/mol. The second kappa shape index (κ2) is 8.39. The molecule has 3 rings (SSSR count). The van der Waals surface area contributed by atoms with Gasteiger partial charge in [0, 0.05) is 23.2 Å². The summed E-state index contributed by atoms with van der Waals surface area (Å²) in [6, 6.07) is 13.9. The number of carbonyl (C=O) groups is 1. The number of benzene rings is 2. The van der Waals surface area contributed by atoms with E-state index in [-0.39, 0.29) is 10.8 Å². The highest BCUT2D eigenvalue weighted by Crippen LogP contribution is 2.22. The first-order valence-corrected chi connectivity index (χ1v) is 11.5. The van der Waals surface area contributed by atoms with Crippen LogP contribution in [0.1, 0.15) is 31.9 Å². The summed E-state index contributed by atoms with van der Waals surface area (Å²) >= 11 is 1.63. The molecular formula is C22H24N2O3S2. The van der Waals surface area contributed by atoms with Crippen molar-refractivity contribution in [3.05, 3.63) is 81.0 Å². The number of amides is 1. The van der Waals surface area contributed by atoms with Crippen molar-refractivity contribution < 1.29 is 13.2 Å². The van der Waals surface area contributed by atoms with E-state index in [1.165, 1.54) is 5.56 Å². The van der Waals surface area contributed by atoms with Crippen LogP contribution in [0.4, 0.5) is 5.69 Å². The van der Waals surface area contributed by atoms with Gasteiger partial charge in [-0.2, -0.15) is 0 Å². The number of nitrogens with one attached hydrogen (secondary N) is 1. The van der Waals surface area contributed by atoms with E-state index in [0.29, 0.717) is 23.4 Å². The summed E-state index contributed by atoms with van der Waals surface area (Å²) in [5.74, 6) is -0.110. The topological polar surface area (TPSA) is 66.5 Å². The minimum Gasteiger partial charge on any atom is -0.337 e. The average Bonchev–Trinajstić information content (AvgIpc) is 3.08. The molecule has 0 aliphatic rings. The van der Waals surface area contributed by atoms with Crippen molar-refractivity contribution in [2.75, 3.05) is 11.8 Å². The van der Waals surface area contributed by atoms with Crippen molar-refractivity contribution in [1.29, 1.82) is 0 Å². The van der Waals surface area contributed by atoms with E-state index < -0.39 is 10.0 Å². The molecule has 152 valence electrons. The number of carbonyl (C=O) groups excluding carboxylic acids is 1. The summed E-state index contributed by atoms with van der Waals surface area (Å²) in [5, 5.41) is 2.01. The number of anilines is 1. The van der Waals surface area contributed by atoms with Gasteiger partial charge in [-0.05, 0) is 79.2 Å². The number of thiophene rings is 1. The molecule has 1 amide bonds. The van der Waals surface area contributed by atoms with Crippen LogP contribution in [-0.2, 0) is 16.6 Å². The molecule has 29 heavy (non-hydrogen) atoms. The Kier molecular flexibility index (Phi) is 6.10. The molecule has 0 bridgehead atoms. The highest BCUT2D eigenvalue weighted by atomic mass is 32.2. The Hall–Kier alpha value is -2.64. The lowest BCUT2D eigenvalue weighted by Crippen LogP contribution is -2.26. The third-order valence-corrected chi connectivity index (χ3v) is 7.24. The van der Waals surface area contributed by atoms with Gasteiger partial charge in [-0.3, -0.25) is 9.52 Å². The van der Waals surface area contributed by atoms with Crippen molar-refractivity contribution in [3.8, 4) is 0 Å². The quantitative estimate of drug-likeness (QED) is 0.616. The van der Waals surface area contributed by atoms with Crippen LogP contribution in [0.25, 0.3) is 0 Å². The maximum Gasteiger partial charge on any atom is 0.262 e. The fourth-order valence-corrected chi connectivity index (χ4v) is 5.31. The third-order valence-electron chi connectivity index (χ3n) is 4.71. The van der Waals surface area contributed by atoms with E-state index in [1.54, 1.807) is 66.6 Å². The van der Waals surface area contributed by atoms with Crippen molar-refractivity contribution >= 4 is 33.0 Å². The number of rotatable bonds is 6. The lowest BCUT2D eigenvalue weighted by molar-refractivity contribution is 0.0786. The second-order valence-electron chi connectivity index (χ2n) is 7.14. The summed E-state index contributed by atoms with van der Waals surface area (Å²) in [5.41, 5.74) is 3.66. The Morgan fingerprint density at radius 2 is 1.69 bits per heavy atom. The van der Waals surface area contributed by atoms with Gasteiger partial charge in [-0.15, -0.1) is 11.3 Å². The van der Waals surface area contributed by atoms with Gasteiger partial charge < -0.3 is 4.90 Å². The zero-order valence-corrected chi connectivity index (χ0v) is 18.5. The SMILES string of the molecule is Cc1ccc(C)c(S(=O)(=O)Nc2ccc(C(=O)N(C)Cc3sccc3C)cc2)c1. The van der Waals surface area contributed by atoms with Gasteiger partial charge in [0.1, 0.15) is 0 Å². The second-order valence-corrected chi connectivity index (χ2v) is 9.79. The number of hydrogen-bond donors (Lipinski definition) is 1. The van der Waals surface area contributed by atoms with Crippen LogP contribution in [-0.4, -0.2) is 26.3 Å². The normalized spacial score (nSPS) is 11.3. The zero-order chi connectivity index (χ0) is 21.2. The lowest BCUT2D eigenvalue weighted by atomic mass is 10.2. The standard InChI is InChI=1S/C22H24N2O3S2/c1-15-5-6-17(3)21(13-15)29(26,27)23-19-9-7-18(8-10-19)22(25)24(4)14-20-16(2)11-12-28-20/h5-13,23H,14H2,1-4H3. The first-order chi connectivity index (χ1) is 13.7. The molecule has 0 spiro atoms. The molecule has 0 radical (unpaired) electrons. The molecule has 1 heterocycles. The minimum atomic E-state index is -3.70. The van der Waals surface area contributed by atoms with Crippen molar-refractivity contribution in [3.63, 3.8) is 0 Å². The summed E-state index contributed by atoms with van der Waals surface area (Å²) in [7, 11) is -1.94. The molecule has 0 aliphatic carbocycles. The van der Waals surface area contributed by atoms with Crippen molar-refractivity contribution in [1.82, 2.24) is 4.90 Å². The Balaban J connectivity index is 1.73. The number of hydrogen-bond acceptors (Lipinski definition) is 4. The molecule has 2 aromatic carbocycles. The molecule has 5 nitrogen and oxygen atoms in total. The van der Waals surface area contributed by atoms with Crippen molar-refractivity contribution in [2.24, 2.45) is 0 Å². The molecule has 0 fully saturated rings. The maximum absolute atomic E-state index is 12.7. The largest absolute Gasteiger partial charge is 0.337 e. The fraction of sp³-hybridized carbons (Fsp3) is 0.227. The maximum atomic E-state index is 12.7. The van der Waals surface area contributed by atoms with Gasteiger partial charge in [0.25, 0.3) is 15.9 Å². The Morgan fingerprint density at radius 1 is 1.00 bits per heavy atom. The van der Waals surface area contributed by atoms with Gasteiger partial charge in [0.05, 0.1) is 11.4 Å². The number of sulfonamides is 1. The van der Waals surface area contributed by atoms with E-state index >= 15 is 0 Å². The van der Waals surface area contributed by atoms with Crippen LogP contribution in [0.3, 0.4) is 0 Å². The fourth-order valence-electron chi connectivity index (χ4n) is 2.96. The van der Waals surface area contributed by atoms with Gasteiger partial charge in [0.15, 0.2) is 0 Å². The predicted octanol–water partition coefficient (Wildman–Crippen LogP) is 4.75. The summed E-state index contributed by atoms with van der Waals surface area (Å²) in [6.07, 6.45) is 0. The van der Waals surface area contributed by atoms with Crippen LogP contribution >= 0.6 is 11.3 Å². The summed E-state index contributed by atoms with van der Waals surface area (Å²) < 4.78 is 28.0. The summed E-state index contributed by atoms with van der Waals surface area (Å²) in [4.78, 5) is 15.7. The van der Waals surface area contributed by atoms with Crippen LogP contribution in [0, 0.1) is 20.8 Å². The number of aryl methyl sites for hydroxylation is 3. The lowest BCUT2D eigenvalue weighted by Gasteiger charge is -2.17. The van der Waals surface area contributed by atoms with Crippen LogP contribution in [0.2, 0.25) is 0 Å². The molecule has 0 saturated carbocycles. The van der Waals surface area contributed by atoms with Crippen LogP contribution in [0.15, 0.2) is 58.8 Å². The molecule has 0 unspecified atom stereocenters. The Labute approximate surface area is 176 Å². The Morgan fingerprint density at radius 3 is 2.31 bits per heavy atom. The highest BCUT2D eigenvalue weighted by molar-refractivity contribution is 7.92. The van der Waals surface area contributed by atoms with Gasteiger partial charge in [-0.25, -0.2) is 8.42 Å². The Bertz CT molecular complexity index is 1130. The predicted molar refractivity (Wildman–Crippen MR) is 118 cm³/mol. The molecule has 0 saturated heterocycles. The van der Waals surface area contributed by atoms with E-state index in [4.69, 9.17) is 0 Å². The number of nitrogens with zero attached hydrogens (tertiary/aromatic N) is 1. The summed E-state index contributed by atoms with van der Waals surface area (Å²) in [6.45, 7) is 6.19. The van der Waals surface area contributed by atoms with Gasteiger partial charge in [-0.1, -0.05) is 12.1 Å². The van der Waals surface area contributed by atoms with E-state index in [0.717, 1.165) is 10.4 Å². The monoisotopic (exact) mass is 428 g/mol. The zero-order valence-electron chi connectivity index (χ0n) is 16.9. The molecule has 0 atom stereocenters. The van der Waals surface area contributed by atoms with E-state index in [2.05, 4.69) is 4.72 Å². The molecule has 7 heteroatoms. The average molecular weight is 429 g/mol. The molecule has 3 aromatic rings. The molecule has 1 aromatic heterocycles. The van der Waals surface area contributed by atoms with Gasteiger partial charge in [0.2, 0.25) is 0 Å². The van der Waals surface area contributed by atoms with Crippen molar-refractivity contribution in [2.45, 2.75) is 32.2 Å². The minimum absolute atomic E-state index is 0.110. The third kappa shape index (κ3) is 4.86.